The molecule has 8 heteroatoms. The van der Waals surface area contributed by atoms with Gasteiger partial charge in [0, 0.05) is 30.6 Å². The third-order valence-electron chi connectivity index (χ3n) is 3.48. The number of carbonyl (C=O) groups excluding carboxylic acids is 1. The molecule has 23 heavy (non-hydrogen) atoms. The van der Waals surface area contributed by atoms with Crippen LogP contribution in [0.25, 0.3) is 0 Å². The van der Waals surface area contributed by atoms with E-state index in [-0.39, 0.29) is 18.9 Å². The first-order valence-corrected chi connectivity index (χ1v) is 9.01. The minimum Gasteiger partial charge on any atom is -0.490 e. The van der Waals surface area contributed by atoms with E-state index in [1.165, 1.54) is 4.90 Å². The minimum absolute atomic E-state index is 0.0142. The highest BCUT2D eigenvalue weighted by molar-refractivity contribution is 7.86. The highest BCUT2D eigenvalue weighted by Crippen LogP contribution is 2.34. The molecule has 0 radical (unpaired) electrons. The molecular weight excluding hydrogens is 325 g/mol. The Hall–Kier alpha value is -1.83. The first-order chi connectivity index (χ1) is 10.8. The van der Waals surface area contributed by atoms with Crippen LogP contribution in [0.4, 0.5) is 9.57 Å². The van der Waals surface area contributed by atoms with Crippen LogP contribution in [-0.4, -0.2) is 39.8 Å². The van der Waals surface area contributed by atoms with Gasteiger partial charge >= 0.3 is 10.2 Å². The first-order valence-electron chi connectivity index (χ1n) is 7.46. The molecule has 1 atom stereocenters. The number of amides is 1. The predicted octanol–water partition coefficient (Wildman–Crippen LogP) is 2.14. The molecule has 1 unspecified atom stereocenters. The Balaban J connectivity index is 2.21. The summed E-state index contributed by atoms with van der Waals surface area (Å²) in [7, 11) is -4.59. The van der Waals surface area contributed by atoms with Gasteiger partial charge in [0.25, 0.3) is 0 Å². The molecule has 0 N–H and O–H groups in total. The maximum absolute atomic E-state index is 12.8. The van der Waals surface area contributed by atoms with Gasteiger partial charge in [0.05, 0.1) is 19.0 Å². The van der Waals surface area contributed by atoms with Gasteiger partial charge in [-0.15, -0.1) is 3.89 Å². The molecule has 0 bridgehead atoms. The molecule has 0 aromatic heterocycles. The van der Waals surface area contributed by atoms with Gasteiger partial charge in [0.1, 0.15) is 0 Å². The van der Waals surface area contributed by atoms with Gasteiger partial charge < -0.3 is 14.4 Å². The number of halogens is 1. The van der Waals surface area contributed by atoms with Crippen LogP contribution in [0, 0.1) is 5.92 Å². The molecule has 1 fully saturated rings. The lowest BCUT2D eigenvalue weighted by molar-refractivity contribution is -0.117. The molecule has 1 aliphatic heterocycles. The van der Waals surface area contributed by atoms with Crippen LogP contribution in [0.2, 0.25) is 0 Å². The van der Waals surface area contributed by atoms with Gasteiger partial charge in [-0.1, -0.05) is 0 Å². The van der Waals surface area contributed by atoms with Crippen molar-refractivity contribution in [3.8, 4) is 11.5 Å². The van der Waals surface area contributed by atoms with Crippen molar-refractivity contribution in [1.82, 2.24) is 0 Å². The second-order valence-electron chi connectivity index (χ2n) is 5.28. The second-order valence-corrected chi connectivity index (χ2v) is 6.69. The van der Waals surface area contributed by atoms with Crippen LogP contribution in [0.3, 0.4) is 0 Å². The summed E-state index contributed by atoms with van der Waals surface area (Å²) < 4.78 is 45.3. The molecule has 1 aliphatic rings. The Labute approximate surface area is 135 Å². The summed E-state index contributed by atoms with van der Waals surface area (Å²) in [5.74, 6) is -0.316. The molecular formula is C15H20FNO5S. The van der Waals surface area contributed by atoms with E-state index in [0.29, 0.717) is 30.4 Å². The van der Waals surface area contributed by atoms with E-state index < -0.39 is 21.9 Å². The third kappa shape index (κ3) is 4.57. The number of carbonyl (C=O) groups is 1. The molecule has 1 heterocycles. The summed E-state index contributed by atoms with van der Waals surface area (Å²) in [5, 5.41) is 0. The fourth-order valence-corrected chi connectivity index (χ4v) is 3.42. The normalized spacial score (nSPS) is 18.3. The van der Waals surface area contributed by atoms with Crippen molar-refractivity contribution >= 4 is 21.8 Å². The SMILES string of the molecule is CCOc1ccc(N2CC(CS(=O)(=O)F)CC2=O)cc1OCC. The van der Waals surface area contributed by atoms with Crippen molar-refractivity contribution in [2.75, 3.05) is 30.4 Å². The van der Waals surface area contributed by atoms with Crippen molar-refractivity contribution < 1.29 is 26.6 Å². The smallest absolute Gasteiger partial charge is 0.302 e. The van der Waals surface area contributed by atoms with E-state index in [1.807, 2.05) is 13.8 Å². The highest BCUT2D eigenvalue weighted by Gasteiger charge is 2.34. The average molecular weight is 345 g/mol. The molecule has 1 saturated heterocycles. The summed E-state index contributed by atoms with van der Waals surface area (Å²) >= 11 is 0. The van der Waals surface area contributed by atoms with Gasteiger partial charge in [-0.25, -0.2) is 0 Å². The summed E-state index contributed by atoms with van der Waals surface area (Å²) in [6.45, 7) is 4.79. The van der Waals surface area contributed by atoms with E-state index in [4.69, 9.17) is 9.47 Å². The summed E-state index contributed by atoms with van der Waals surface area (Å²) in [6.07, 6.45) is 0.0142. The lowest BCUT2D eigenvalue weighted by Crippen LogP contribution is -2.25. The molecule has 6 nitrogen and oxygen atoms in total. The minimum atomic E-state index is -4.59. The van der Waals surface area contributed by atoms with Crippen molar-refractivity contribution in [3.63, 3.8) is 0 Å². The fraction of sp³-hybridized carbons (Fsp3) is 0.533. The van der Waals surface area contributed by atoms with E-state index in [1.54, 1.807) is 18.2 Å². The van der Waals surface area contributed by atoms with Crippen molar-refractivity contribution in [2.24, 2.45) is 5.92 Å². The molecule has 2 rings (SSSR count). The van der Waals surface area contributed by atoms with Crippen LogP contribution in [0.15, 0.2) is 18.2 Å². The van der Waals surface area contributed by atoms with E-state index in [2.05, 4.69) is 0 Å². The highest BCUT2D eigenvalue weighted by atomic mass is 32.3. The lowest BCUT2D eigenvalue weighted by Gasteiger charge is -2.19. The van der Waals surface area contributed by atoms with Crippen LogP contribution in [0.5, 0.6) is 11.5 Å². The van der Waals surface area contributed by atoms with Crippen LogP contribution < -0.4 is 14.4 Å². The first kappa shape index (κ1) is 17.5. The molecule has 0 aliphatic carbocycles. The Kier molecular flexibility index (Phi) is 5.46. The van der Waals surface area contributed by atoms with Gasteiger partial charge in [-0.2, -0.15) is 8.42 Å². The predicted molar refractivity (Wildman–Crippen MR) is 84.1 cm³/mol. The Morgan fingerprint density at radius 1 is 1.22 bits per heavy atom. The van der Waals surface area contributed by atoms with Crippen LogP contribution in [0.1, 0.15) is 20.3 Å². The second kappa shape index (κ2) is 7.16. The maximum atomic E-state index is 12.8. The quantitative estimate of drug-likeness (QED) is 0.708. The molecule has 1 aromatic carbocycles. The standard InChI is InChI=1S/C15H20FNO5S/c1-3-21-13-6-5-12(8-14(13)22-4-2)17-9-11(7-15(17)18)10-23(16,19)20/h5-6,8,11H,3-4,7,9-10H2,1-2H3. The van der Waals surface area contributed by atoms with Crippen LogP contribution in [-0.2, 0) is 15.0 Å². The average Bonchev–Trinajstić information content (AvgIpc) is 2.79. The van der Waals surface area contributed by atoms with Gasteiger partial charge in [0.15, 0.2) is 11.5 Å². The topological polar surface area (TPSA) is 72.9 Å². The summed E-state index contributed by atoms with van der Waals surface area (Å²) in [5.41, 5.74) is 0.584. The molecule has 1 amide bonds. The zero-order valence-electron chi connectivity index (χ0n) is 13.1. The summed E-state index contributed by atoms with van der Waals surface area (Å²) in [4.78, 5) is 13.5. The number of nitrogens with zero attached hydrogens (tertiary/aromatic N) is 1. The number of hydrogen-bond acceptors (Lipinski definition) is 5. The van der Waals surface area contributed by atoms with E-state index in [0.717, 1.165) is 0 Å². The van der Waals surface area contributed by atoms with Crippen molar-refractivity contribution in [2.45, 2.75) is 20.3 Å². The Bertz CT molecular complexity index is 676. The Morgan fingerprint density at radius 3 is 2.48 bits per heavy atom. The number of benzene rings is 1. The van der Waals surface area contributed by atoms with Crippen LogP contribution >= 0.6 is 0 Å². The fourth-order valence-electron chi connectivity index (χ4n) is 2.63. The lowest BCUT2D eigenvalue weighted by atomic mass is 10.1. The number of hydrogen-bond donors (Lipinski definition) is 0. The summed E-state index contributed by atoms with van der Waals surface area (Å²) in [6, 6.07) is 5.09. The number of ether oxygens (including phenoxy) is 2. The van der Waals surface area contributed by atoms with Gasteiger partial charge in [-0.3, -0.25) is 4.79 Å². The third-order valence-corrected chi connectivity index (χ3v) is 4.35. The van der Waals surface area contributed by atoms with Gasteiger partial charge in [0.2, 0.25) is 5.91 Å². The zero-order valence-corrected chi connectivity index (χ0v) is 13.9. The number of anilines is 1. The molecule has 0 spiro atoms. The molecule has 1 aromatic rings. The maximum Gasteiger partial charge on any atom is 0.302 e. The van der Waals surface area contributed by atoms with Crippen molar-refractivity contribution in [1.29, 1.82) is 0 Å². The van der Waals surface area contributed by atoms with E-state index >= 15 is 0 Å². The molecule has 0 saturated carbocycles. The van der Waals surface area contributed by atoms with E-state index in [9.17, 15) is 17.1 Å². The largest absolute Gasteiger partial charge is 0.490 e. The Morgan fingerprint density at radius 2 is 1.87 bits per heavy atom. The molecule has 128 valence electrons. The van der Waals surface area contributed by atoms with Gasteiger partial charge in [-0.05, 0) is 26.0 Å². The zero-order chi connectivity index (χ0) is 17.0. The number of rotatable bonds is 7. The monoisotopic (exact) mass is 345 g/mol. The van der Waals surface area contributed by atoms with Crippen molar-refractivity contribution in [3.05, 3.63) is 18.2 Å².